The van der Waals surface area contributed by atoms with Crippen LogP contribution < -0.4 is 15.2 Å². The van der Waals surface area contributed by atoms with Gasteiger partial charge in [0.2, 0.25) is 5.91 Å². The monoisotopic (exact) mass is 393 g/mol. The van der Waals surface area contributed by atoms with Gasteiger partial charge in [-0.3, -0.25) is 9.59 Å². The highest BCUT2D eigenvalue weighted by atomic mass is 16.5. The molecule has 1 aliphatic heterocycles. The Morgan fingerprint density at radius 1 is 1.03 bits per heavy atom. The van der Waals surface area contributed by atoms with Gasteiger partial charge in [0.1, 0.15) is 17.3 Å². The zero-order valence-electron chi connectivity index (χ0n) is 16.5. The minimum absolute atomic E-state index is 0.128. The molecule has 0 N–H and O–H groups in total. The summed E-state index contributed by atoms with van der Waals surface area (Å²) in [6, 6.07) is 14.2. The number of aromatic nitrogens is 3. The van der Waals surface area contributed by atoms with Gasteiger partial charge >= 0.3 is 0 Å². The van der Waals surface area contributed by atoms with Crippen LogP contribution in [0.5, 0.6) is 5.75 Å². The Morgan fingerprint density at radius 2 is 1.72 bits per heavy atom. The highest BCUT2D eigenvalue weighted by Crippen LogP contribution is 2.28. The van der Waals surface area contributed by atoms with E-state index in [0.29, 0.717) is 37.1 Å². The number of carbonyl (C=O) groups is 1. The van der Waals surface area contributed by atoms with Crippen molar-refractivity contribution < 1.29 is 9.53 Å². The van der Waals surface area contributed by atoms with E-state index in [-0.39, 0.29) is 11.5 Å². The van der Waals surface area contributed by atoms with E-state index in [1.54, 1.807) is 43.2 Å². The number of hydrogen-bond donors (Lipinski definition) is 0. The zero-order valence-corrected chi connectivity index (χ0v) is 16.5. The first-order valence-electron chi connectivity index (χ1n) is 9.61. The second-order valence-corrected chi connectivity index (χ2v) is 7.02. The molecule has 150 valence electrons. The lowest BCUT2D eigenvalue weighted by Gasteiger charge is -2.37. The van der Waals surface area contributed by atoms with Crippen LogP contribution in [0.25, 0.3) is 10.9 Å². The Hall–Kier alpha value is -3.42. The largest absolute Gasteiger partial charge is 0.495 e. The first kappa shape index (κ1) is 18.9. The van der Waals surface area contributed by atoms with Gasteiger partial charge in [-0.2, -0.15) is 4.68 Å². The van der Waals surface area contributed by atoms with Crippen LogP contribution >= 0.6 is 0 Å². The lowest BCUT2D eigenvalue weighted by Crippen LogP contribution is -2.51. The molecule has 2 aromatic carbocycles. The van der Waals surface area contributed by atoms with Gasteiger partial charge in [-0.1, -0.05) is 29.5 Å². The third kappa shape index (κ3) is 3.53. The molecule has 4 rings (SSSR count). The van der Waals surface area contributed by atoms with E-state index >= 15 is 0 Å². The van der Waals surface area contributed by atoms with Crippen LogP contribution in [0.15, 0.2) is 53.3 Å². The van der Waals surface area contributed by atoms with Crippen molar-refractivity contribution in [3.05, 3.63) is 58.9 Å². The van der Waals surface area contributed by atoms with Crippen molar-refractivity contribution in [1.29, 1.82) is 0 Å². The van der Waals surface area contributed by atoms with Crippen molar-refractivity contribution in [3.8, 4) is 5.75 Å². The summed E-state index contributed by atoms with van der Waals surface area (Å²) in [7, 11) is 1.66. The van der Waals surface area contributed by atoms with Gasteiger partial charge in [-0.05, 0) is 31.2 Å². The lowest BCUT2D eigenvalue weighted by molar-refractivity contribution is -0.135. The first-order valence-corrected chi connectivity index (χ1v) is 9.61. The number of piperazine rings is 1. The van der Waals surface area contributed by atoms with E-state index < -0.39 is 6.04 Å². The van der Waals surface area contributed by atoms with Gasteiger partial charge in [0.15, 0.2) is 0 Å². The van der Waals surface area contributed by atoms with Crippen molar-refractivity contribution in [1.82, 2.24) is 19.9 Å². The highest BCUT2D eigenvalue weighted by molar-refractivity contribution is 5.81. The predicted octanol–water partition coefficient (Wildman–Crippen LogP) is 1.71. The standard InChI is InChI=1S/C21H23N5O3/c1-15(26-21(28)16-7-3-4-8-17(16)22-23-26)20(27)25-13-11-24(12-14-25)18-9-5-6-10-19(18)29-2/h3-10,15H,11-14H2,1-2H3/t15-/m1/s1. The molecule has 1 amide bonds. The predicted molar refractivity (Wildman–Crippen MR) is 110 cm³/mol. The van der Waals surface area contributed by atoms with Gasteiger partial charge in [0.05, 0.1) is 18.2 Å². The third-order valence-corrected chi connectivity index (χ3v) is 5.33. The number of carbonyl (C=O) groups excluding carboxylic acids is 1. The Labute approximate surface area is 168 Å². The molecule has 0 saturated carbocycles. The molecule has 1 aliphatic rings. The van der Waals surface area contributed by atoms with Crippen molar-refractivity contribution >= 4 is 22.5 Å². The number of benzene rings is 2. The number of methoxy groups -OCH3 is 1. The number of rotatable bonds is 4. The summed E-state index contributed by atoms with van der Waals surface area (Å²) in [5, 5.41) is 8.53. The normalized spacial score (nSPS) is 15.4. The van der Waals surface area contributed by atoms with E-state index in [4.69, 9.17) is 4.74 Å². The molecule has 8 heteroatoms. The van der Waals surface area contributed by atoms with Crippen molar-refractivity contribution in [2.24, 2.45) is 0 Å². The number of nitrogens with zero attached hydrogens (tertiary/aromatic N) is 5. The molecule has 0 unspecified atom stereocenters. The molecule has 29 heavy (non-hydrogen) atoms. The number of fused-ring (bicyclic) bond motifs is 1. The topological polar surface area (TPSA) is 80.6 Å². The maximum atomic E-state index is 13.0. The van der Waals surface area contributed by atoms with Crippen molar-refractivity contribution in [2.75, 3.05) is 38.2 Å². The number of anilines is 1. The average Bonchev–Trinajstić information content (AvgIpc) is 2.78. The Balaban J connectivity index is 1.48. The molecular weight excluding hydrogens is 370 g/mol. The van der Waals surface area contributed by atoms with Gasteiger partial charge < -0.3 is 14.5 Å². The van der Waals surface area contributed by atoms with Gasteiger partial charge in [-0.25, -0.2) is 0 Å². The van der Waals surface area contributed by atoms with Crippen molar-refractivity contribution in [3.63, 3.8) is 0 Å². The average molecular weight is 393 g/mol. The molecule has 0 spiro atoms. The van der Waals surface area contributed by atoms with Crippen LogP contribution in [0.1, 0.15) is 13.0 Å². The van der Waals surface area contributed by atoms with Crippen LogP contribution in [-0.4, -0.2) is 59.1 Å². The second kappa shape index (κ2) is 7.90. The number of hydrogen-bond acceptors (Lipinski definition) is 6. The van der Waals surface area contributed by atoms with E-state index in [9.17, 15) is 9.59 Å². The van der Waals surface area contributed by atoms with Gasteiger partial charge in [0.25, 0.3) is 5.56 Å². The fourth-order valence-corrected chi connectivity index (χ4v) is 3.68. The summed E-state index contributed by atoms with van der Waals surface area (Å²) in [6.07, 6.45) is 0. The fourth-order valence-electron chi connectivity index (χ4n) is 3.68. The van der Waals surface area contributed by atoms with E-state index in [0.717, 1.165) is 11.4 Å². The van der Waals surface area contributed by atoms with Gasteiger partial charge in [0, 0.05) is 26.2 Å². The van der Waals surface area contributed by atoms with Crippen LogP contribution in [0.3, 0.4) is 0 Å². The molecule has 2 heterocycles. The molecule has 0 aliphatic carbocycles. The summed E-state index contributed by atoms with van der Waals surface area (Å²) in [4.78, 5) is 29.7. The SMILES string of the molecule is COc1ccccc1N1CCN(C(=O)[C@@H](C)n2nnc3ccccc3c2=O)CC1. The maximum absolute atomic E-state index is 13.0. The van der Waals surface area contributed by atoms with E-state index in [1.807, 2.05) is 24.3 Å². The molecule has 3 aromatic rings. The Morgan fingerprint density at radius 3 is 2.48 bits per heavy atom. The fraction of sp³-hybridized carbons (Fsp3) is 0.333. The lowest BCUT2D eigenvalue weighted by atomic mass is 10.2. The Kier molecular flexibility index (Phi) is 5.16. The molecule has 0 radical (unpaired) electrons. The maximum Gasteiger partial charge on any atom is 0.278 e. The van der Waals surface area contributed by atoms with E-state index in [1.165, 1.54) is 4.68 Å². The minimum atomic E-state index is -0.711. The molecule has 1 atom stereocenters. The number of ether oxygens (including phenoxy) is 1. The summed E-state index contributed by atoms with van der Waals surface area (Å²) < 4.78 is 6.62. The number of amides is 1. The number of para-hydroxylation sites is 2. The smallest absolute Gasteiger partial charge is 0.278 e. The van der Waals surface area contributed by atoms with Crippen LogP contribution in [-0.2, 0) is 4.79 Å². The second-order valence-electron chi connectivity index (χ2n) is 7.02. The summed E-state index contributed by atoms with van der Waals surface area (Å²) in [6.45, 7) is 4.21. The molecule has 1 saturated heterocycles. The molecule has 8 nitrogen and oxygen atoms in total. The third-order valence-electron chi connectivity index (χ3n) is 5.33. The highest BCUT2D eigenvalue weighted by Gasteiger charge is 2.28. The minimum Gasteiger partial charge on any atom is -0.495 e. The van der Waals surface area contributed by atoms with Crippen LogP contribution in [0, 0.1) is 0 Å². The van der Waals surface area contributed by atoms with Crippen LogP contribution in [0.2, 0.25) is 0 Å². The summed E-state index contributed by atoms with van der Waals surface area (Å²) >= 11 is 0. The summed E-state index contributed by atoms with van der Waals surface area (Å²) in [5.41, 5.74) is 1.25. The zero-order chi connectivity index (χ0) is 20.4. The molecule has 0 bridgehead atoms. The summed E-state index contributed by atoms with van der Waals surface area (Å²) in [5.74, 6) is 0.690. The van der Waals surface area contributed by atoms with Crippen LogP contribution in [0.4, 0.5) is 5.69 Å². The van der Waals surface area contributed by atoms with Gasteiger partial charge in [-0.15, -0.1) is 5.10 Å². The quantitative estimate of drug-likeness (QED) is 0.671. The van der Waals surface area contributed by atoms with E-state index in [2.05, 4.69) is 15.2 Å². The first-order chi connectivity index (χ1) is 14.1. The van der Waals surface area contributed by atoms with Crippen molar-refractivity contribution in [2.45, 2.75) is 13.0 Å². The molecule has 1 fully saturated rings. The molecular formula is C21H23N5O3. The Bertz CT molecular complexity index is 1090. The molecule has 1 aromatic heterocycles.